The molecule has 0 bridgehead atoms. The van der Waals surface area contributed by atoms with E-state index < -0.39 is 5.97 Å². The Labute approximate surface area is 91.8 Å². The van der Waals surface area contributed by atoms with E-state index >= 15 is 0 Å². The van der Waals surface area contributed by atoms with Crippen molar-refractivity contribution in [2.24, 2.45) is 0 Å². The van der Waals surface area contributed by atoms with Crippen LogP contribution in [0.3, 0.4) is 0 Å². The Morgan fingerprint density at radius 3 is 3.06 bits per heavy atom. The molecule has 3 heteroatoms. The number of fused-ring (bicyclic) bond motifs is 2. The maximum absolute atomic E-state index is 11.1. The average Bonchev–Trinajstić information content (AvgIpc) is 2.66. The van der Waals surface area contributed by atoms with Crippen LogP contribution in [0.4, 0.5) is 0 Å². The van der Waals surface area contributed by atoms with E-state index in [1.165, 1.54) is 6.20 Å². The Morgan fingerprint density at radius 2 is 2.25 bits per heavy atom. The molecule has 0 radical (unpaired) electrons. The lowest BCUT2D eigenvalue weighted by Crippen LogP contribution is -2.30. The first-order valence-corrected chi connectivity index (χ1v) is 5.08. The third-order valence-electron chi connectivity index (χ3n) is 2.86. The molecule has 0 aliphatic heterocycles. The van der Waals surface area contributed by atoms with Crippen molar-refractivity contribution in [2.45, 2.75) is 6.42 Å². The molecule has 78 valence electrons. The number of rotatable bonds is 1. The lowest BCUT2D eigenvalue weighted by Gasteiger charge is -2.04. The molecule has 1 aromatic heterocycles. The largest absolute Gasteiger partial charge is 0.478 e. The van der Waals surface area contributed by atoms with Crippen molar-refractivity contribution in [3.8, 4) is 0 Å². The third-order valence-corrected chi connectivity index (χ3v) is 2.86. The lowest BCUT2D eigenvalue weighted by molar-refractivity contribution is 0.0695. The zero-order valence-electron chi connectivity index (χ0n) is 8.47. The predicted molar refractivity (Wildman–Crippen MR) is 60.2 cm³/mol. The minimum absolute atomic E-state index is 0.277. The van der Waals surface area contributed by atoms with Crippen molar-refractivity contribution < 1.29 is 9.90 Å². The van der Waals surface area contributed by atoms with Crippen LogP contribution in [0.15, 0.2) is 36.2 Å². The van der Waals surface area contributed by atoms with E-state index in [4.69, 9.17) is 5.11 Å². The number of carboxylic acids is 1. The Bertz CT molecular complexity index is 666. The molecule has 0 spiro atoms. The summed E-state index contributed by atoms with van der Waals surface area (Å²) in [6.45, 7) is 0. The molecule has 3 rings (SSSR count). The number of nitrogens with zero attached hydrogens (tertiary/aromatic N) is 1. The molecule has 0 aromatic carbocycles. The molecule has 0 saturated carbocycles. The molecule has 0 saturated heterocycles. The summed E-state index contributed by atoms with van der Waals surface area (Å²) in [5.41, 5.74) is 2.38. The van der Waals surface area contributed by atoms with Gasteiger partial charge >= 0.3 is 5.97 Å². The minimum Gasteiger partial charge on any atom is -0.478 e. The summed E-state index contributed by atoms with van der Waals surface area (Å²) in [5, 5.41) is 10.8. The van der Waals surface area contributed by atoms with E-state index in [0.717, 1.165) is 28.0 Å². The summed E-state index contributed by atoms with van der Waals surface area (Å²) >= 11 is 0. The standard InChI is InChI=1S/C13H9NO2/c15-13(16)11-7-14-6-9-5-8-3-1-2-4-10(8)12(9)11/h2-7H,1H2,(H,15,16). The molecule has 16 heavy (non-hydrogen) atoms. The van der Waals surface area contributed by atoms with Crippen molar-refractivity contribution in [3.05, 3.63) is 52.2 Å². The van der Waals surface area contributed by atoms with Crippen molar-refractivity contribution in [1.82, 2.24) is 4.98 Å². The van der Waals surface area contributed by atoms with Crippen molar-refractivity contribution in [3.63, 3.8) is 0 Å². The van der Waals surface area contributed by atoms with Crippen LogP contribution in [0.5, 0.6) is 0 Å². The van der Waals surface area contributed by atoms with Crippen molar-refractivity contribution in [2.75, 3.05) is 0 Å². The summed E-state index contributed by atoms with van der Waals surface area (Å²) in [6.07, 6.45) is 12.1. The van der Waals surface area contributed by atoms with E-state index in [-0.39, 0.29) is 5.56 Å². The van der Waals surface area contributed by atoms with Crippen molar-refractivity contribution >= 4 is 17.6 Å². The Kier molecular flexibility index (Phi) is 1.80. The fourth-order valence-corrected chi connectivity index (χ4v) is 2.17. The highest BCUT2D eigenvalue weighted by Gasteiger charge is 2.16. The van der Waals surface area contributed by atoms with E-state index in [0.29, 0.717) is 0 Å². The number of pyridine rings is 1. The van der Waals surface area contributed by atoms with Crippen LogP contribution in [0.1, 0.15) is 16.8 Å². The predicted octanol–water partition coefficient (Wildman–Crippen LogP) is 0.611. The van der Waals surface area contributed by atoms with E-state index in [2.05, 4.69) is 11.1 Å². The van der Waals surface area contributed by atoms with E-state index in [1.54, 1.807) is 6.20 Å². The van der Waals surface area contributed by atoms with Crippen LogP contribution < -0.4 is 10.4 Å². The van der Waals surface area contributed by atoms with Gasteiger partial charge in [-0.25, -0.2) is 4.79 Å². The normalized spacial score (nSPS) is 16.2. The second kappa shape index (κ2) is 3.17. The summed E-state index contributed by atoms with van der Waals surface area (Å²) < 4.78 is 0. The van der Waals surface area contributed by atoms with Gasteiger partial charge in [0.1, 0.15) is 0 Å². The number of hydrogen-bond donors (Lipinski definition) is 1. The second-order valence-electron chi connectivity index (χ2n) is 3.81. The quantitative estimate of drug-likeness (QED) is 0.740. The van der Waals surface area contributed by atoms with E-state index in [9.17, 15) is 4.79 Å². The van der Waals surface area contributed by atoms with Gasteiger partial charge in [-0.3, -0.25) is 4.98 Å². The zero-order chi connectivity index (χ0) is 11.1. The molecule has 1 aromatic rings. The summed E-state index contributed by atoms with van der Waals surface area (Å²) in [6, 6.07) is 0. The topological polar surface area (TPSA) is 50.2 Å². The fraction of sp³-hybridized carbons (Fsp3) is 0.0769. The first-order valence-electron chi connectivity index (χ1n) is 5.08. The van der Waals surface area contributed by atoms with Crippen LogP contribution in [-0.2, 0) is 0 Å². The summed E-state index contributed by atoms with van der Waals surface area (Å²) in [5.74, 6) is -0.925. The average molecular weight is 211 g/mol. The maximum Gasteiger partial charge on any atom is 0.337 e. The molecule has 2 aliphatic carbocycles. The number of aromatic carboxylic acids is 1. The van der Waals surface area contributed by atoms with Crippen LogP contribution in [0.2, 0.25) is 0 Å². The monoisotopic (exact) mass is 211 g/mol. The molecule has 3 nitrogen and oxygen atoms in total. The second-order valence-corrected chi connectivity index (χ2v) is 3.81. The lowest BCUT2D eigenvalue weighted by atomic mass is 10.0. The third kappa shape index (κ3) is 1.15. The molecule has 0 fully saturated rings. The van der Waals surface area contributed by atoms with Gasteiger partial charge in [0.25, 0.3) is 0 Å². The molecular formula is C13H9NO2. The van der Waals surface area contributed by atoms with Gasteiger partial charge in [-0.15, -0.1) is 0 Å². The SMILES string of the molecule is O=C(O)c1cncc2c1=C1C=CCC=C1C=2. The molecule has 2 aliphatic rings. The van der Waals surface area contributed by atoms with Gasteiger partial charge < -0.3 is 5.11 Å². The summed E-state index contributed by atoms with van der Waals surface area (Å²) in [4.78, 5) is 15.1. The minimum atomic E-state index is -0.925. The van der Waals surface area contributed by atoms with E-state index in [1.807, 2.05) is 18.2 Å². The molecule has 0 atom stereocenters. The van der Waals surface area contributed by atoms with Gasteiger partial charge in [-0.05, 0) is 23.6 Å². The molecule has 0 amide bonds. The number of allylic oxidation sites excluding steroid dienone is 4. The first-order chi connectivity index (χ1) is 7.77. The number of aromatic nitrogens is 1. The summed E-state index contributed by atoms with van der Waals surface area (Å²) in [7, 11) is 0. The zero-order valence-corrected chi connectivity index (χ0v) is 8.47. The van der Waals surface area contributed by atoms with Gasteiger partial charge in [-0.1, -0.05) is 18.2 Å². The number of carboxylic acid groups (broad SMARTS) is 1. The van der Waals surface area contributed by atoms with Gasteiger partial charge in [0.2, 0.25) is 0 Å². The molecular weight excluding hydrogens is 202 g/mol. The van der Waals surface area contributed by atoms with Gasteiger partial charge in [0, 0.05) is 22.8 Å². The smallest absolute Gasteiger partial charge is 0.337 e. The fourth-order valence-electron chi connectivity index (χ4n) is 2.17. The Morgan fingerprint density at radius 1 is 1.38 bits per heavy atom. The number of carbonyl (C=O) groups is 1. The van der Waals surface area contributed by atoms with Crippen LogP contribution >= 0.6 is 0 Å². The molecule has 1 heterocycles. The molecule has 0 unspecified atom stereocenters. The van der Waals surface area contributed by atoms with Gasteiger partial charge in [0.05, 0.1) is 5.56 Å². The van der Waals surface area contributed by atoms with Crippen molar-refractivity contribution in [1.29, 1.82) is 0 Å². The van der Waals surface area contributed by atoms with Gasteiger partial charge in [-0.2, -0.15) is 0 Å². The van der Waals surface area contributed by atoms with Crippen LogP contribution in [0, 0.1) is 0 Å². The highest BCUT2D eigenvalue weighted by molar-refractivity contribution is 5.95. The Hall–Kier alpha value is -2.16. The van der Waals surface area contributed by atoms with Crippen LogP contribution in [-0.4, -0.2) is 16.1 Å². The highest BCUT2D eigenvalue weighted by atomic mass is 16.4. The first kappa shape index (κ1) is 9.09. The van der Waals surface area contributed by atoms with Gasteiger partial charge in [0.15, 0.2) is 0 Å². The highest BCUT2D eigenvalue weighted by Crippen LogP contribution is 2.21. The molecule has 1 N–H and O–H groups in total. The number of hydrogen-bond acceptors (Lipinski definition) is 2. The van der Waals surface area contributed by atoms with Crippen LogP contribution in [0.25, 0.3) is 11.6 Å². The maximum atomic E-state index is 11.1. The Balaban J connectivity index is 2.49.